The van der Waals surface area contributed by atoms with Crippen molar-refractivity contribution in [2.45, 2.75) is 26.2 Å². The van der Waals surface area contributed by atoms with E-state index in [0.29, 0.717) is 12.3 Å². The number of carbonyl (C=O) groups is 1. The molecule has 0 saturated carbocycles. The summed E-state index contributed by atoms with van der Waals surface area (Å²) in [6.07, 6.45) is 2.82. The predicted molar refractivity (Wildman–Crippen MR) is 49.0 cm³/mol. The van der Waals surface area contributed by atoms with Crippen LogP contribution in [0.2, 0.25) is 0 Å². The van der Waals surface area contributed by atoms with E-state index in [1.807, 2.05) is 11.8 Å². The molecule has 1 amide bonds. The Morgan fingerprint density at radius 2 is 1.92 bits per heavy atom. The Bertz CT molecular complexity index is 139. The lowest BCUT2D eigenvalue weighted by Crippen LogP contribution is -2.37. The molecule has 0 aromatic rings. The van der Waals surface area contributed by atoms with Crippen molar-refractivity contribution in [3.8, 4) is 0 Å². The van der Waals surface area contributed by atoms with E-state index in [-0.39, 0.29) is 0 Å². The quantitative estimate of drug-likeness (QED) is 0.625. The molecule has 12 heavy (non-hydrogen) atoms. The lowest BCUT2D eigenvalue weighted by molar-refractivity contribution is -0.131. The maximum absolute atomic E-state index is 11.3. The number of amides is 1. The molecule has 1 aliphatic heterocycles. The lowest BCUT2D eigenvalue weighted by atomic mass is 10.2. The molecule has 1 heterocycles. The third-order valence-corrected chi connectivity index (χ3v) is 2.22. The van der Waals surface area contributed by atoms with Gasteiger partial charge in [-0.05, 0) is 25.9 Å². The first-order valence-corrected chi connectivity index (χ1v) is 4.83. The molecule has 0 aromatic carbocycles. The number of nitrogens with zero attached hydrogens (tertiary/aromatic N) is 1. The number of hydrogen-bond acceptors (Lipinski definition) is 2. The molecule has 1 saturated heterocycles. The van der Waals surface area contributed by atoms with Gasteiger partial charge >= 0.3 is 0 Å². The fourth-order valence-electron chi connectivity index (χ4n) is 1.50. The second kappa shape index (κ2) is 5.14. The van der Waals surface area contributed by atoms with Gasteiger partial charge in [0, 0.05) is 19.5 Å². The summed E-state index contributed by atoms with van der Waals surface area (Å²) in [4.78, 5) is 13.3. The highest BCUT2D eigenvalue weighted by molar-refractivity contribution is 5.75. The molecule has 3 heteroatoms. The van der Waals surface area contributed by atoms with Crippen LogP contribution in [0.5, 0.6) is 0 Å². The van der Waals surface area contributed by atoms with Crippen LogP contribution in [0, 0.1) is 0 Å². The van der Waals surface area contributed by atoms with Crippen molar-refractivity contribution in [3.63, 3.8) is 0 Å². The van der Waals surface area contributed by atoms with E-state index in [1.165, 1.54) is 0 Å². The van der Waals surface area contributed by atoms with Gasteiger partial charge in [-0.25, -0.2) is 0 Å². The van der Waals surface area contributed by atoms with Crippen LogP contribution < -0.4 is 5.32 Å². The van der Waals surface area contributed by atoms with Gasteiger partial charge in [0.1, 0.15) is 0 Å². The van der Waals surface area contributed by atoms with Gasteiger partial charge < -0.3 is 10.2 Å². The minimum absolute atomic E-state index is 0.303. The van der Waals surface area contributed by atoms with Gasteiger partial charge in [0.2, 0.25) is 5.91 Å². The third-order valence-electron chi connectivity index (χ3n) is 2.22. The fourth-order valence-corrected chi connectivity index (χ4v) is 1.50. The van der Waals surface area contributed by atoms with Crippen molar-refractivity contribution in [1.29, 1.82) is 0 Å². The average Bonchev–Trinajstić information content (AvgIpc) is 2.02. The first kappa shape index (κ1) is 9.52. The lowest BCUT2D eigenvalue weighted by Gasteiger charge is -2.24. The van der Waals surface area contributed by atoms with E-state index in [1.54, 1.807) is 0 Å². The Morgan fingerprint density at radius 1 is 1.33 bits per heavy atom. The monoisotopic (exact) mass is 170 g/mol. The normalized spacial score (nSPS) is 19.9. The molecule has 1 N–H and O–H groups in total. The Balaban J connectivity index is 2.34. The zero-order valence-corrected chi connectivity index (χ0v) is 7.81. The molecule has 1 rings (SSSR count). The molecule has 0 spiro atoms. The van der Waals surface area contributed by atoms with Gasteiger partial charge in [-0.15, -0.1) is 0 Å². The molecule has 0 unspecified atom stereocenters. The molecule has 0 aromatic heterocycles. The Morgan fingerprint density at radius 3 is 2.42 bits per heavy atom. The first-order chi connectivity index (χ1) is 5.84. The molecule has 1 fully saturated rings. The predicted octanol–water partition coefficient (Wildman–Crippen LogP) is 0.608. The Kier molecular flexibility index (Phi) is 4.08. The molecule has 1 aliphatic rings. The largest absolute Gasteiger partial charge is 0.343 e. The number of hydrogen-bond donors (Lipinski definition) is 1. The van der Waals surface area contributed by atoms with Crippen molar-refractivity contribution in [2.75, 3.05) is 26.2 Å². The minimum Gasteiger partial charge on any atom is -0.343 e. The summed E-state index contributed by atoms with van der Waals surface area (Å²) in [7, 11) is 0. The zero-order valence-electron chi connectivity index (χ0n) is 7.81. The SMILES string of the molecule is CCC(=O)N1CCCNCCC1. The van der Waals surface area contributed by atoms with Crippen molar-refractivity contribution in [3.05, 3.63) is 0 Å². The highest BCUT2D eigenvalue weighted by Gasteiger charge is 2.11. The van der Waals surface area contributed by atoms with Crippen molar-refractivity contribution >= 4 is 5.91 Å². The molecule has 3 nitrogen and oxygen atoms in total. The van der Waals surface area contributed by atoms with Gasteiger partial charge in [0.15, 0.2) is 0 Å². The van der Waals surface area contributed by atoms with Crippen molar-refractivity contribution < 1.29 is 4.79 Å². The highest BCUT2D eigenvalue weighted by Crippen LogP contribution is 1.99. The second-order valence-corrected chi connectivity index (χ2v) is 3.19. The summed E-state index contributed by atoms with van der Waals surface area (Å²) in [5, 5.41) is 3.33. The summed E-state index contributed by atoms with van der Waals surface area (Å²) in [5.41, 5.74) is 0. The Hall–Kier alpha value is -0.570. The van der Waals surface area contributed by atoms with Crippen molar-refractivity contribution in [1.82, 2.24) is 10.2 Å². The van der Waals surface area contributed by atoms with E-state index in [9.17, 15) is 4.79 Å². The topological polar surface area (TPSA) is 32.3 Å². The van der Waals surface area contributed by atoms with E-state index < -0.39 is 0 Å². The molecular formula is C9H18N2O. The van der Waals surface area contributed by atoms with E-state index in [0.717, 1.165) is 39.0 Å². The zero-order chi connectivity index (χ0) is 8.81. The van der Waals surface area contributed by atoms with Crippen LogP contribution in [-0.4, -0.2) is 37.0 Å². The van der Waals surface area contributed by atoms with Crippen molar-refractivity contribution in [2.24, 2.45) is 0 Å². The van der Waals surface area contributed by atoms with Crippen LogP contribution in [0.15, 0.2) is 0 Å². The molecule has 0 radical (unpaired) electrons. The maximum Gasteiger partial charge on any atom is 0.222 e. The highest BCUT2D eigenvalue weighted by atomic mass is 16.2. The molecular weight excluding hydrogens is 152 g/mol. The van der Waals surface area contributed by atoms with Crippen LogP contribution in [-0.2, 0) is 4.79 Å². The van der Waals surface area contributed by atoms with Gasteiger partial charge in [0.25, 0.3) is 0 Å². The van der Waals surface area contributed by atoms with E-state index >= 15 is 0 Å². The third kappa shape index (κ3) is 2.81. The van der Waals surface area contributed by atoms with Gasteiger partial charge in [-0.2, -0.15) is 0 Å². The standard InChI is InChI=1S/C9H18N2O/c1-2-9(12)11-7-3-5-10-6-4-8-11/h10H,2-8H2,1H3. The molecule has 70 valence electrons. The van der Waals surface area contributed by atoms with Crippen LogP contribution in [0.3, 0.4) is 0 Å². The summed E-state index contributed by atoms with van der Waals surface area (Å²) in [6.45, 7) is 5.89. The summed E-state index contributed by atoms with van der Waals surface area (Å²) < 4.78 is 0. The van der Waals surface area contributed by atoms with Crippen LogP contribution in [0.1, 0.15) is 26.2 Å². The molecule has 0 aliphatic carbocycles. The number of rotatable bonds is 1. The average molecular weight is 170 g/mol. The van der Waals surface area contributed by atoms with Crippen LogP contribution in [0.4, 0.5) is 0 Å². The maximum atomic E-state index is 11.3. The summed E-state index contributed by atoms with van der Waals surface area (Å²) in [6, 6.07) is 0. The van der Waals surface area contributed by atoms with Crippen LogP contribution in [0.25, 0.3) is 0 Å². The summed E-state index contributed by atoms with van der Waals surface area (Å²) in [5.74, 6) is 0.303. The molecule has 0 bridgehead atoms. The summed E-state index contributed by atoms with van der Waals surface area (Å²) >= 11 is 0. The Labute approximate surface area is 74.1 Å². The fraction of sp³-hybridized carbons (Fsp3) is 0.889. The first-order valence-electron chi connectivity index (χ1n) is 4.83. The minimum atomic E-state index is 0.303. The van der Waals surface area contributed by atoms with Gasteiger partial charge in [0.05, 0.1) is 0 Å². The smallest absolute Gasteiger partial charge is 0.222 e. The number of nitrogens with one attached hydrogen (secondary N) is 1. The second-order valence-electron chi connectivity index (χ2n) is 3.19. The van der Waals surface area contributed by atoms with Gasteiger partial charge in [-0.1, -0.05) is 6.92 Å². The number of carbonyl (C=O) groups excluding carboxylic acids is 1. The van der Waals surface area contributed by atoms with E-state index in [2.05, 4.69) is 5.32 Å². The van der Waals surface area contributed by atoms with Crippen LogP contribution >= 0.6 is 0 Å². The van der Waals surface area contributed by atoms with E-state index in [4.69, 9.17) is 0 Å². The van der Waals surface area contributed by atoms with Gasteiger partial charge in [-0.3, -0.25) is 4.79 Å². The molecule has 0 atom stereocenters.